The number of fused-ring (bicyclic) bond motifs is 1. The second kappa shape index (κ2) is 8.25. The number of carbonyl (C=O) groups excluding carboxylic acids is 1. The Labute approximate surface area is 174 Å². The zero-order valence-electron chi connectivity index (χ0n) is 16.9. The summed E-state index contributed by atoms with van der Waals surface area (Å²) in [6.45, 7) is 2.33. The van der Waals surface area contributed by atoms with Crippen LogP contribution in [0.25, 0.3) is 10.8 Å². The van der Waals surface area contributed by atoms with E-state index >= 15 is 0 Å². The predicted molar refractivity (Wildman–Crippen MR) is 119 cm³/mol. The third-order valence-electron chi connectivity index (χ3n) is 5.07. The minimum atomic E-state index is -0.300. The number of aryl methyl sites for hydroxylation is 1. The summed E-state index contributed by atoms with van der Waals surface area (Å²) in [5.41, 5.74) is 2.86. The van der Waals surface area contributed by atoms with Crippen LogP contribution in [0.5, 0.6) is 5.75 Å². The largest absolute Gasteiger partial charge is 0.495 e. The van der Waals surface area contributed by atoms with Gasteiger partial charge in [0.2, 0.25) is 0 Å². The number of methoxy groups -OCH3 is 1. The average Bonchev–Trinajstić information content (AvgIpc) is 2.75. The molecular formula is C25H22N2O3. The van der Waals surface area contributed by atoms with Gasteiger partial charge in [-0.1, -0.05) is 48.5 Å². The van der Waals surface area contributed by atoms with Gasteiger partial charge in [0.1, 0.15) is 5.75 Å². The number of nitrogens with one attached hydrogen (secondary N) is 1. The number of amides is 1. The predicted octanol–water partition coefficient (Wildman–Crippen LogP) is 4.62. The van der Waals surface area contributed by atoms with Crippen molar-refractivity contribution >= 4 is 22.4 Å². The molecule has 5 heteroatoms. The third-order valence-corrected chi connectivity index (χ3v) is 5.07. The number of aromatic nitrogens is 1. The Morgan fingerprint density at radius 1 is 1.00 bits per heavy atom. The topological polar surface area (TPSA) is 60.3 Å². The normalized spacial score (nSPS) is 10.7. The van der Waals surface area contributed by atoms with Crippen LogP contribution in [0, 0.1) is 6.92 Å². The Morgan fingerprint density at radius 3 is 2.63 bits per heavy atom. The number of anilines is 1. The third kappa shape index (κ3) is 3.96. The van der Waals surface area contributed by atoms with Gasteiger partial charge in [0, 0.05) is 12.3 Å². The Kier molecular flexibility index (Phi) is 5.35. The lowest BCUT2D eigenvalue weighted by atomic mass is 10.0. The van der Waals surface area contributed by atoms with Gasteiger partial charge in [-0.05, 0) is 47.0 Å². The van der Waals surface area contributed by atoms with E-state index in [1.807, 2.05) is 67.6 Å². The number of pyridine rings is 1. The van der Waals surface area contributed by atoms with Crippen molar-refractivity contribution < 1.29 is 9.53 Å². The van der Waals surface area contributed by atoms with E-state index in [1.165, 1.54) is 6.07 Å². The molecule has 0 fully saturated rings. The first-order valence-corrected chi connectivity index (χ1v) is 9.68. The van der Waals surface area contributed by atoms with Gasteiger partial charge in [-0.25, -0.2) is 0 Å². The lowest BCUT2D eigenvalue weighted by Gasteiger charge is -2.13. The Balaban J connectivity index is 1.64. The first-order chi connectivity index (χ1) is 14.5. The van der Waals surface area contributed by atoms with Crippen LogP contribution < -0.4 is 15.6 Å². The maximum Gasteiger partial charge on any atom is 0.257 e. The van der Waals surface area contributed by atoms with Crippen LogP contribution in [0.2, 0.25) is 0 Å². The minimum Gasteiger partial charge on any atom is -0.495 e. The molecule has 30 heavy (non-hydrogen) atoms. The first kappa shape index (κ1) is 19.5. The number of ether oxygens (including phenoxy) is 1. The van der Waals surface area contributed by atoms with Crippen molar-refractivity contribution in [1.82, 2.24) is 4.57 Å². The summed E-state index contributed by atoms with van der Waals surface area (Å²) in [5, 5.41) is 5.08. The van der Waals surface area contributed by atoms with Gasteiger partial charge in [0.05, 0.1) is 24.9 Å². The van der Waals surface area contributed by atoms with Crippen molar-refractivity contribution in [3.63, 3.8) is 0 Å². The first-order valence-electron chi connectivity index (χ1n) is 9.68. The lowest BCUT2D eigenvalue weighted by molar-refractivity contribution is 0.102. The molecule has 0 bridgehead atoms. The quantitative estimate of drug-likeness (QED) is 0.534. The molecule has 0 aliphatic rings. The Bertz CT molecular complexity index is 1290. The molecule has 5 nitrogen and oxygen atoms in total. The number of benzene rings is 3. The van der Waals surface area contributed by atoms with Crippen LogP contribution in [0.4, 0.5) is 5.69 Å². The van der Waals surface area contributed by atoms with Crippen molar-refractivity contribution in [1.29, 1.82) is 0 Å². The monoisotopic (exact) mass is 398 g/mol. The zero-order valence-corrected chi connectivity index (χ0v) is 16.9. The van der Waals surface area contributed by atoms with Gasteiger partial charge in [-0.2, -0.15) is 0 Å². The molecule has 0 aliphatic carbocycles. The van der Waals surface area contributed by atoms with Gasteiger partial charge in [0.25, 0.3) is 11.5 Å². The molecule has 1 N–H and O–H groups in total. The van der Waals surface area contributed by atoms with Crippen molar-refractivity contribution in [3.8, 4) is 5.75 Å². The summed E-state index contributed by atoms with van der Waals surface area (Å²) < 4.78 is 6.89. The van der Waals surface area contributed by atoms with Crippen LogP contribution >= 0.6 is 0 Å². The fraction of sp³-hybridized carbons (Fsp3) is 0.120. The van der Waals surface area contributed by atoms with Crippen molar-refractivity contribution in [3.05, 3.63) is 106 Å². The van der Waals surface area contributed by atoms with Gasteiger partial charge in [-0.3, -0.25) is 9.59 Å². The highest BCUT2D eigenvalue weighted by atomic mass is 16.5. The van der Waals surface area contributed by atoms with E-state index < -0.39 is 0 Å². The maximum atomic E-state index is 12.8. The second-order valence-corrected chi connectivity index (χ2v) is 7.18. The number of hydrogen-bond acceptors (Lipinski definition) is 3. The van der Waals surface area contributed by atoms with Crippen molar-refractivity contribution in [2.45, 2.75) is 13.5 Å². The number of nitrogens with zero attached hydrogens (tertiary/aromatic N) is 1. The Hall–Kier alpha value is -3.86. The smallest absolute Gasteiger partial charge is 0.257 e. The van der Waals surface area contributed by atoms with Gasteiger partial charge in [0.15, 0.2) is 0 Å². The molecule has 0 atom stereocenters. The number of carbonyl (C=O) groups is 1. The summed E-state index contributed by atoms with van der Waals surface area (Å²) >= 11 is 0. The van der Waals surface area contributed by atoms with E-state index in [9.17, 15) is 9.59 Å². The second-order valence-electron chi connectivity index (χ2n) is 7.18. The highest BCUT2D eigenvalue weighted by Gasteiger charge is 2.12. The molecule has 0 radical (unpaired) electrons. The molecular weight excluding hydrogens is 376 g/mol. The molecule has 1 amide bonds. The molecule has 1 aromatic heterocycles. The molecule has 4 rings (SSSR count). The van der Waals surface area contributed by atoms with Crippen molar-refractivity contribution in [2.75, 3.05) is 12.4 Å². The molecule has 0 aliphatic heterocycles. The van der Waals surface area contributed by atoms with Crippen molar-refractivity contribution in [2.24, 2.45) is 0 Å². The molecule has 0 unspecified atom stereocenters. The van der Waals surface area contributed by atoms with Gasteiger partial charge in [-0.15, -0.1) is 0 Å². The molecule has 1 heterocycles. The highest BCUT2D eigenvalue weighted by Crippen LogP contribution is 2.25. The molecule has 150 valence electrons. The van der Waals surface area contributed by atoms with E-state index in [-0.39, 0.29) is 11.5 Å². The van der Waals surface area contributed by atoms with Crippen LogP contribution in [0.1, 0.15) is 21.5 Å². The fourth-order valence-corrected chi connectivity index (χ4v) is 3.52. The van der Waals surface area contributed by atoms with Gasteiger partial charge >= 0.3 is 0 Å². The maximum absolute atomic E-state index is 12.8. The van der Waals surface area contributed by atoms with Crippen LogP contribution in [0.15, 0.2) is 83.8 Å². The standard InChI is InChI=1S/C25H22N2O3/c1-17-10-12-23(30-2)22(14-17)26-25(29)20-11-13-24(28)27(16-20)15-19-8-5-7-18-6-3-4-9-21(18)19/h3-14,16H,15H2,1-2H3,(H,26,29). The number of hydrogen-bond donors (Lipinski definition) is 1. The lowest BCUT2D eigenvalue weighted by Crippen LogP contribution is -2.22. The van der Waals surface area contributed by atoms with E-state index in [2.05, 4.69) is 5.32 Å². The summed E-state index contributed by atoms with van der Waals surface area (Å²) in [5.74, 6) is 0.281. The summed E-state index contributed by atoms with van der Waals surface area (Å²) in [7, 11) is 1.56. The molecule has 4 aromatic rings. The molecule has 0 spiro atoms. The molecule has 3 aromatic carbocycles. The zero-order chi connectivity index (χ0) is 21.1. The minimum absolute atomic E-state index is 0.160. The highest BCUT2D eigenvalue weighted by molar-refractivity contribution is 6.04. The van der Waals surface area contributed by atoms with E-state index in [0.29, 0.717) is 23.5 Å². The Morgan fingerprint density at radius 2 is 1.80 bits per heavy atom. The van der Waals surface area contributed by atoms with Crippen LogP contribution in [-0.2, 0) is 6.54 Å². The van der Waals surface area contributed by atoms with Gasteiger partial charge < -0.3 is 14.6 Å². The fourth-order valence-electron chi connectivity index (χ4n) is 3.52. The SMILES string of the molecule is COc1ccc(C)cc1NC(=O)c1ccc(=O)n(Cc2cccc3ccccc23)c1. The molecule has 0 saturated carbocycles. The van der Waals surface area contributed by atoms with E-state index in [1.54, 1.807) is 23.9 Å². The summed E-state index contributed by atoms with van der Waals surface area (Å²) in [6, 6.07) is 22.6. The average molecular weight is 398 g/mol. The van der Waals surface area contributed by atoms with Crippen LogP contribution in [0.3, 0.4) is 0 Å². The van der Waals surface area contributed by atoms with E-state index in [0.717, 1.165) is 21.9 Å². The summed E-state index contributed by atoms with van der Waals surface area (Å²) in [6.07, 6.45) is 1.60. The number of rotatable bonds is 5. The molecule has 0 saturated heterocycles. The van der Waals surface area contributed by atoms with Crippen LogP contribution in [-0.4, -0.2) is 17.6 Å². The van der Waals surface area contributed by atoms with E-state index in [4.69, 9.17) is 4.74 Å². The summed E-state index contributed by atoms with van der Waals surface area (Å²) in [4.78, 5) is 25.3.